The zero-order chi connectivity index (χ0) is 17.9. The van der Waals surface area contributed by atoms with Crippen molar-refractivity contribution in [3.05, 3.63) is 70.8 Å². The highest BCUT2D eigenvalue weighted by Crippen LogP contribution is 2.29. The number of hydrogen-bond donors (Lipinski definition) is 1. The second kappa shape index (κ2) is 6.97. The number of anilines is 1. The van der Waals surface area contributed by atoms with Gasteiger partial charge in [-0.25, -0.2) is 4.98 Å². The number of non-ortho nitro benzene ring substituents is 1. The van der Waals surface area contributed by atoms with E-state index in [0.717, 1.165) is 26.5 Å². The molecule has 0 unspecified atom stereocenters. The first-order chi connectivity index (χ1) is 12.7. The van der Waals surface area contributed by atoms with Crippen LogP contribution >= 0.6 is 11.3 Å². The summed E-state index contributed by atoms with van der Waals surface area (Å²) in [5.41, 5.74) is 0.825. The fraction of sp³-hybridized carbons (Fsp3) is 0.105. The van der Waals surface area contributed by atoms with E-state index in [-0.39, 0.29) is 5.69 Å². The van der Waals surface area contributed by atoms with Crippen molar-refractivity contribution in [2.24, 2.45) is 0 Å². The molecule has 0 aliphatic carbocycles. The summed E-state index contributed by atoms with van der Waals surface area (Å²) in [5.74, 6) is 0.824. The lowest BCUT2D eigenvalue weighted by Crippen LogP contribution is -2.11. The van der Waals surface area contributed by atoms with Gasteiger partial charge >= 0.3 is 0 Å². The smallest absolute Gasteiger partial charge is 0.270 e. The summed E-state index contributed by atoms with van der Waals surface area (Å²) in [6, 6.07) is 18.8. The maximum absolute atomic E-state index is 10.8. The maximum Gasteiger partial charge on any atom is 0.270 e. The highest BCUT2D eigenvalue weighted by Gasteiger charge is 2.10. The van der Waals surface area contributed by atoms with Gasteiger partial charge in [0.2, 0.25) is 0 Å². The molecule has 130 valence electrons. The molecule has 3 aromatic carbocycles. The number of nitrogens with one attached hydrogen (secondary N) is 1. The number of benzene rings is 3. The summed E-state index contributed by atoms with van der Waals surface area (Å²) in [6.07, 6.45) is 0. The lowest BCUT2D eigenvalue weighted by Gasteiger charge is -2.07. The molecule has 0 atom stereocenters. The molecule has 1 heterocycles. The lowest BCUT2D eigenvalue weighted by molar-refractivity contribution is -0.384. The highest BCUT2D eigenvalue weighted by atomic mass is 32.1. The molecule has 0 amide bonds. The summed E-state index contributed by atoms with van der Waals surface area (Å²) in [7, 11) is 0. The lowest BCUT2D eigenvalue weighted by atomic mass is 10.1. The number of ether oxygens (including phenoxy) is 1. The van der Waals surface area contributed by atoms with Crippen LogP contribution in [-0.2, 0) is 0 Å². The van der Waals surface area contributed by atoms with Crippen molar-refractivity contribution in [2.45, 2.75) is 0 Å². The average molecular weight is 365 g/mol. The van der Waals surface area contributed by atoms with Gasteiger partial charge in [-0.1, -0.05) is 41.7 Å². The predicted molar refractivity (Wildman–Crippen MR) is 104 cm³/mol. The van der Waals surface area contributed by atoms with E-state index in [1.807, 2.05) is 30.3 Å². The van der Waals surface area contributed by atoms with Crippen molar-refractivity contribution in [3.8, 4) is 5.75 Å². The van der Waals surface area contributed by atoms with E-state index in [1.54, 1.807) is 12.1 Å². The Morgan fingerprint density at radius 3 is 2.77 bits per heavy atom. The van der Waals surface area contributed by atoms with Crippen LogP contribution in [-0.4, -0.2) is 23.1 Å². The zero-order valence-corrected chi connectivity index (χ0v) is 14.5. The van der Waals surface area contributed by atoms with Crippen LogP contribution in [0.3, 0.4) is 0 Å². The normalized spacial score (nSPS) is 10.9. The van der Waals surface area contributed by atoms with Gasteiger partial charge in [-0.15, -0.1) is 0 Å². The SMILES string of the molecule is O=[N+]([O-])c1ccc2nc(NCCOc3ccc4ccccc4c3)sc2c1. The highest BCUT2D eigenvalue weighted by molar-refractivity contribution is 7.22. The van der Waals surface area contributed by atoms with E-state index in [1.165, 1.54) is 22.8 Å². The minimum absolute atomic E-state index is 0.0762. The number of thiazole rings is 1. The van der Waals surface area contributed by atoms with Gasteiger partial charge in [0, 0.05) is 12.1 Å². The van der Waals surface area contributed by atoms with E-state index in [0.29, 0.717) is 13.2 Å². The van der Waals surface area contributed by atoms with Crippen molar-refractivity contribution in [3.63, 3.8) is 0 Å². The Morgan fingerprint density at radius 2 is 1.92 bits per heavy atom. The predicted octanol–water partition coefficient (Wildman–Crippen LogP) is 4.85. The summed E-state index contributed by atoms with van der Waals surface area (Å²) >= 11 is 1.39. The number of fused-ring (bicyclic) bond motifs is 2. The number of hydrogen-bond acceptors (Lipinski definition) is 6. The number of nitro benzene ring substituents is 1. The van der Waals surface area contributed by atoms with Gasteiger partial charge in [-0.05, 0) is 29.0 Å². The van der Waals surface area contributed by atoms with Crippen LogP contribution < -0.4 is 10.1 Å². The van der Waals surface area contributed by atoms with Crippen LogP contribution in [0.2, 0.25) is 0 Å². The molecule has 26 heavy (non-hydrogen) atoms. The first-order valence-electron chi connectivity index (χ1n) is 8.09. The van der Waals surface area contributed by atoms with E-state index in [4.69, 9.17) is 4.74 Å². The molecule has 0 spiro atoms. The van der Waals surface area contributed by atoms with Crippen LogP contribution in [0.25, 0.3) is 21.0 Å². The quantitative estimate of drug-likeness (QED) is 0.300. The van der Waals surface area contributed by atoms with Crippen LogP contribution in [0.4, 0.5) is 10.8 Å². The maximum atomic E-state index is 10.8. The van der Waals surface area contributed by atoms with Crippen LogP contribution in [0.15, 0.2) is 60.7 Å². The second-order valence-corrected chi connectivity index (χ2v) is 6.74. The molecule has 7 heteroatoms. The Labute approximate surface area is 153 Å². The van der Waals surface area contributed by atoms with Gasteiger partial charge in [0.25, 0.3) is 5.69 Å². The molecule has 0 bridgehead atoms. The first kappa shape index (κ1) is 16.3. The molecule has 1 N–H and O–H groups in total. The van der Waals surface area contributed by atoms with Crippen molar-refractivity contribution in [2.75, 3.05) is 18.5 Å². The summed E-state index contributed by atoms with van der Waals surface area (Å²) in [5, 5.41) is 17.1. The van der Waals surface area contributed by atoms with Gasteiger partial charge in [-0.3, -0.25) is 10.1 Å². The topological polar surface area (TPSA) is 77.3 Å². The van der Waals surface area contributed by atoms with Crippen LogP contribution in [0.1, 0.15) is 0 Å². The molecule has 0 saturated heterocycles. The Balaban J connectivity index is 1.36. The van der Waals surface area contributed by atoms with Gasteiger partial charge in [0.15, 0.2) is 5.13 Å². The zero-order valence-electron chi connectivity index (χ0n) is 13.7. The Kier molecular flexibility index (Phi) is 4.37. The molecule has 4 rings (SSSR count). The largest absolute Gasteiger partial charge is 0.492 e. The standard InChI is InChI=1S/C19H15N3O3S/c23-22(24)15-6-8-17-18(12-15)26-19(21-17)20-9-10-25-16-7-5-13-3-1-2-4-14(13)11-16/h1-8,11-12H,9-10H2,(H,20,21). The third-order valence-corrected chi connectivity index (χ3v) is 4.93. The van der Waals surface area contributed by atoms with E-state index in [2.05, 4.69) is 22.4 Å². The molecular weight excluding hydrogens is 350 g/mol. The Bertz CT molecular complexity index is 1090. The third-order valence-electron chi connectivity index (χ3n) is 3.95. The number of aromatic nitrogens is 1. The molecule has 0 radical (unpaired) electrons. The summed E-state index contributed by atoms with van der Waals surface area (Å²) in [6.45, 7) is 1.09. The molecule has 0 saturated carbocycles. The van der Waals surface area contributed by atoms with E-state index >= 15 is 0 Å². The van der Waals surface area contributed by atoms with E-state index < -0.39 is 4.92 Å². The first-order valence-corrected chi connectivity index (χ1v) is 8.91. The van der Waals surface area contributed by atoms with Gasteiger partial charge in [-0.2, -0.15) is 0 Å². The molecule has 4 aromatic rings. The van der Waals surface area contributed by atoms with Crippen molar-refractivity contribution in [1.82, 2.24) is 4.98 Å². The number of rotatable bonds is 6. The number of nitro groups is 1. The molecule has 6 nitrogen and oxygen atoms in total. The van der Waals surface area contributed by atoms with E-state index in [9.17, 15) is 10.1 Å². The Morgan fingerprint density at radius 1 is 1.08 bits per heavy atom. The number of nitrogens with zero attached hydrogens (tertiary/aromatic N) is 2. The van der Waals surface area contributed by atoms with Crippen molar-refractivity contribution < 1.29 is 9.66 Å². The Hall–Kier alpha value is -3.19. The van der Waals surface area contributed by atoms with Gasteiger partial charge in [0.1, 0.15) is 12.4 Å². The monoisotopic (exact) mass is 365 g/mol. The molecule has 0 fully saturated rings. The molecule has 0 aliphatic rings. The van der Waals surface area contributed by atoms with Gasteiger partial charge in [0.05, 0.1) is 21.7 Å². The molecule has 1 aromatic heterocycles. The molecular formula is C19H15N3O3S. The minimum Gasteiger partial charge on any atom is -0.492 e. The molecule has 0 aliphatic heterocycles. The van der Waals surface area contributed by atoms with Crippen molar-refractivity contribution >= 4 is 43.1 Å². The van der Waals surface area contributed by atoms with Crippen LogP contribution in [0, 0.1) is 10.1 Å². The van der Waals surface area contributed by atoms with Gasteiger partial charge < -0.3 is 10.1 Å². The summed E-state index contributed by atoms with van der Waals surface area (Å²) < 4.78 is 6.57. The third kappa shape index (κ3) is 3.43. The van der Waals surface area contributed by atoms with Crippen LogP contribution in [0.5, 0.6) is 5.75 Å². The second-order valence-electron chi connectivity index (χ2n) is 5.71. The fourth-order valence-corrected chi connectivity index (χ4v) is 3.61. The minimum atomic E-state index is -0.399. The summed E-state index contributed by atoms with van der Waals surface area (Å²) in [4.78, 5) is 14.9. The van der Waals surface area contributed by atoms with Crippen molar-refractivity contribution in [1.29, 1.82) is 0 Å². The fourth-order valence-electron chi connectivity index (χ4n) is 2.69. The average Bonchev–Trinajstić information content (AvgIpc) is 3.07.